The van der Waals surface area contributed by atoms with E-state index in [4.69, 9.17) is 26.2 Å². The number of ether oxygens (including phenoxy) is 2. The summed E-state index contributed by atoms with van der Waals surface area (Å²) in [6.07, 6.45) is 0. The van der Waals surface area contributed by atoms with Crippen LogP contribution in [0.25, 0.3) is 16.9 Å². The van der Waals surface area contributed by atoms with Crippen LogP contribution in [0.2, 0.25) is 5.02 Å². The summed E-state index contributed by atoms with van der Waals surface area (Å²) in [5.74, 6) is 1.54. The summed E-state index contributed by atoms with van der Waals surface area (Å²) in [7, 11) is 0. The summed E-state index contributed by atoms with van der Waals surface area (Å²) < 4.78 is 12.6. The van der Waals surface area contributed by atoms with Gasteiger partial charge >= 0.3 is 0 Å². The molecular weight excluding hydrogens is 500 g/mol. The molecular formula is C30H29ClN4O3. The molecule has 1 fully saturated rings. The lowest BCUT2D eigenvalue weighted by Gasteiger charge is -2.34. The van der Waals surface area contributed by atoms with Gasteiger partial charge in [-0.2, -0.15) is 5.10 Å². The predicted octanol–water partition coefficient (Wildman–Crippen LogP) is 5.50. The van der Waals surface area contributed by atoms with Crippen LogP contribution in [0.3, 0.4) is 0 Å². The van der Waals surface area contributed by atoms with Gasteiger partial charge in [-0.3, -0.25) is 9.69 Å². The van der Waals surface area contributed by atoms with Crippen molar-refractivity contribution in [3.63, 3.8) is 0 Å². The number of carbonyl (C=O) groups excluding carboxylic acids is 1. The van der Waals surface area contributed by atoms with Crippen LogP contribution in [0.1, 0.15) is 27.2 Å². The Morgan fingerprint density at radius 1 is 0.895 bits per heavy atom. The van der Waals surface area contributed by atoms with E-state index in [0.717, 1.165) is 42.4 Å². The van der Waals surface area contributed by atoms with E-state index >= 15 is 0 Å². The maximum absolute atomic E-state index is 13.8. The van der Waals surface area contributed by atoms with Crippen molar-refractivity contribution in [2.24, 2.45) is 0 Å². The third-order valence-electron chi connectivity index (χ3n) is 7.31. The van der Waals surface area contributed by atoms with Crippen molar-refractivity contribution >= 4 is 17.5 Å². The molecule has 0 N–H and O–H groups in total. The molecule has 0 saturated carbocycles. The maximum Gasteiger partial charge on any atom is 0.272 e. The molecule has 0 unspecified atom stereocenters. The Labute approximate surface area is 227 Å². The van der Waals surface area contributed by atoms with Gasteiger partial charge < -0.3 is 14.4 Å². The molecule has 7 nitrogen and oxygen atoms in total. The van der Waals surface area contributed by atoms with E-state index < -0.39 is 0 Å². The number of amides is 1. The van der Waals surface area contributed by atoms with Gasteiger partial charge in [0.15, 0.2) is 11.5 Å². The minimum atomic E-state index is -0.0461. The molecule has 2 aliphatic heterocycles. The first-order valence-corrected chi connectivity index (χ1v) is 13.2. The normalized spacial score (nSPS) is 15.2. The van der Waals surface area contributed by atoms with Crippen LogP contribution in [0, 0.1) is 13.8 Å². The SMILES string of the molecule is Cc1ccc(-c2cc(C(=O)N3CCN(Cc4ccc5c(c4)OCO5)CC3)n(-c3ccccc3Cl)n2)cc1C. The standard InChI is InChI=1S/C30H29ClN4O3/c1-20-7-9-23(15-21(20)2)25-17-27(35(32-25)26-6-4-3-5-24(26)31)30(36)34-13-11-33(12-14-34)18-22-8-10-28-29(16-22)38-19-37-28/h3-10,15-17H,11-14,18-19H2,1-2H3. The maximum atomic E-state index is 13.8. The molecule has 1 aromatic heterocycles. The molecule has 4 aromatic rings. The number of aryl methyl sites for hydroxylation is 2. The topological polar surface area (TPSA) is 59.8 Å². The van der Waals surface area contributed by atoms with Gasteiger partial charge in [0.2, 0.25) is 6.79 Å². The van der Waals surface area contributed by atoms with Crippen molar-refractivity contribution in [2.45, 2.75) is 20.4 Å². The molecule has 0 bridgehead atoms. The quantitative estimate of drug-likeness (QED) is 0.342. The number of carbonyl (C=O) groups is 1. The summed E-state index contributed by atoms with van der Waals surface area (Å²) in [6, 6.07) is 21.7. The first-order chi connectivity index (χ1) is 18.5. The molecule has 1 saturated heterocycles. The highest BCUT2D eigenvalue weighted by Gasteiger charge is 2.27. The summed E-state index contributed by atoms with van der Waals surface area (Å²) in [5.41, 5.74) is 6.49. The highest BCUT2D eigenvalue weighted by molar-refractivity contribution is 6.32. The van der Waals surface area contributed by atoms with Crippen molar-refractivity contribution < 1.29 is 14.3 Å². The van der Waals surface area contributed by atoms with E-state index in [2.05, 4.69) is 36.9 Å². The number of hydrogen-bond donors (Lipinski definition) is 0. The first-order valence-electron chi connectivity index (χ1n) is 12.8. The van der Waals surface area contributed by atoms with E-state index in [1.807, 2.05) is 53.4 Å². The Morgan fingerprint density at radius 3 is 2.47 bits per heavy atom. The predicted molar refractivity (Wildman–Crippen MR) is 147 cm³/mol. The second kappa shape index (κ2) is 10.2. The number of hydrogen-bond acceptors (Lipinski definition) is 5. The average Bonchev–Trinajstić information content (AvgIpc) is 3.58. The zero-order chi connectivity index (χ0) is 26.2. The van der Waals surface area contributed by atoms with E-state index in [-0.39, 0.29) is 12.7 Å². The summed E-state index contributed by atoms with van der Waals surface area (Å²) in [4.78, 5) is 18.1. The van der Waals surface area contributed by atoms with Gasteiger partial charge in [0.25, 0.3) is 5.91 Å². The number of piperazine rings is 1. The Kier molecular flexibility index (Phi) is 6.55. The lowest BCUT2D eigenvalue weighted by molar-refractivity contribution is 0.0619. The summed E-state index contributed by atoms with van der Waals surface area (Å²) >= 11 is 6.54. The molecule has 0 atom stereocenters. The fraction of sp³-hybridized carbons (Fsp3) is 0.267. The van der Waals surface area contributed by atoms with E-state index in [1.165, 1.54) is 16.7 Å². The van der Waals surface area contributed by atoms with Crippen LogP contribution in [0.5, 0.6) is 11.5 Å². The van der Waals surface area contributed by atoms with E-state index in [0.29, 0.717) is 29.5 Å². The zero-order valence-electron chi connectivity index (χ0n) is 21.5. The van der Waals surface area contributed by atoms with E-state index in [9.17, 15) is 4.79 Å². The van der Waals surface area contributed by atoms with E-state index in [1.54, 1.807) is 4.68 Å². The Bertz CT molecular complexity index is 1510. The molecule has 38 heavy (non-hydrogen) atoms. The molecule has 3 aromatic carbocycles. The van der Waals surface area contributed by atoms with Gasteiger partial charge in [-0.05, 0) is 66.9 Å². The molecule has 0 aliphatic carbocycles. The molecule has 0 radical (unpaired) electrons. The molecule has 8 heteroatoms. The van der Waals surface area contributed by atoms with Crippen LogP contribution in [-0.4, -0.2) is 58.5 Å². The molecule has 194 valence electrons. The molecule has 6 rings (SSSR count). The van der Waals surface area contributed by atoms with Crippen LogP contribution < -0.4 is 9.47 Å². The van der Waals surface area contributed by atoms with Gasteiger partial charge in [0.1, 0.15) is 5.69 Å². The molecule has 3 heterocycles. The number of benzene rings is 3. The van der Waals surface area contributed by atoms with Crippen LogP contribution in [0.4, 0.5) is 0 Å². The second-order valence-electron chi connectivity index (χ2n) is 9.83. The van der Waals surface area contributed by atoms with Crippen molar-refractivity contribution in [1.82, 2.24) is 19.6 Å². The van der Waals surface area contributed by atoms with Gasteiger partial charge in [-0.25, -0.2) is 4.68 Å². The number of para-hydroxylation sites is 1. The summed E-state index contributed by atoms with van der Waals surface area (Å²) in [6.45, 7) is 8.07. The number of halogens is 1. The van der Waals surface area contributed by atoms with Gasteiger partial charge in [0.05, 0.1) is 16.4 Å². The van der Waals surface area contributed by atoms with Gasteiger partial charge in [0, 0.05) is 38.3 Å². The fourth-order valence-electron chi connectivity index (χ4n) is 4.95. The minimum absolute atomic E-state index is 0.0461. The molecule has 0 spiro atoms. The Balaban J connectivity index is 1.23. The van der Waals surface area contributed by atoms with Crippen molar-refractivity contribution in [1.29, 1.82) is 0 Å². The third kappa shape index (κ3) is 4.75. The molecule has 1 amide bonds. The lowest BCUT2D eigenvalue weighted by atomic mass is 10.0. The van der Waals surface area contributed by atoms with Crippen LogP contribution >= 0.6 is 11.6 Å². The third-order valence-corrected chi connectivity index (χ3v) is 7.63. The highest BCUT2D eigenvalue weighted by atomic mass is 35.5. The van der Waals surface area contributed by atoms with Crippen LogP contribution in [-0.2, 0) is 6.54 Å². The smallest absolute Gasteiger partial charge is 0.272 e. The van der Waals surface area contributed by atoms with Crippen LogP contribution in [0.15, 0.2) is 66.7 Å². The number of rotatable bonds is 5. The van der Waals surface area contributed by atoms with Crippen molar-refractivity contribution in [3.8, 4) is 28.4 Å². The minimum Gasteiger partial charge on any atom is -0.454 e. The Hall–Kier alpha value is -3.81. The Morgan fingerprint density at radius 2 is 1.68 bits per heavy atom. The van der Waals surface area contributed by atoms with Crippen molar-refractivity contribution in [2.75, 3.05) is 33.0 Å². The average molecular weight is 529 g/mol. The number of fused-ring (bicyclic) bond motifs is 1. The first kappa shape index (κ1) is 24.5. The summed E-state index contributed by atoms with van der Waals surface area (Å²) in [5, 5.41) is 5.40. The van der Waals surface area contributed by atoms with Gasteiger partial charge in [-0.15, -0.1) is 0 Å². The zero-order valence-corrected chi connectivity index (χ0v) is 22.2. The number of aromatic nitrogens is 2. The monoisotopic (exact) mass is 528 g/mol. The molecule has 2 aliphatic rings. The number of nitrogens with zero attached hydrogens (tertiary/aromatic N) is 4. The van der Waals surface area contributed by atoms with Crippen molar-refractivity contribution in [3.05, 3.63) is 94.1 Å². The largest absolute Gasteiger partial charge is 0.454 e. The second-order valence-corrected chi connectivity index (χ2v) is 10.2. The fourth-order valence-corrected chi connectivity index (χ4v) is 5.17. The van der Waals surface area contributed by atoms with Gasteiger partial charge in [-0.1, -0.05) is 41.9 Å². The highest BCUT2D eigenvalue weighted by Crippen LogP contribution is 2.33. The lowest BCUT2D eigenvalue weighted by Crippen LogP contribution is -2.48.